The molecule has 1 aliphatic carbocycles. The molecule has 1 spiro atoms. The van der Waals surface area contributed by atoms with Crippen molar-refractivity contribution in [1.29, 1.82) is 0 Å². The molecule has 13 heavy (non-hydrogen) atoms. The van der Waals surface area contributed by atoms with E-state index in [0.29, 0.717) is 0 Å². The molecule has 1 N–H and O–H groups in total. The van der Waals surface area contributed by atoms with Crippen LogP contribution < -0.4 is 0 Å². The lowest BCUT2D eigenvalue weighted by atomic mass is 9.82. The maximum Gasteiger partial charge on any atom is 0.177 e. The van der Waals surface area contributed by atoms with Crippen molar-refractivity contribution in [2.24, 2.45) is 0 Å². The molecule has 1 aliphatic heterocycles. The monoisotopic (exact) mass is 182 g/mol. The number of allylic oxidation sites excluding steroid dienone is 1. The predicted molar refractivity (Wildman–Crippen MR) is 51.3 cm³/mol. The van der Waals surface area contributed by atoms with Crippen LogP contribution in [0.2, 0.25) is 0 Å². The van der Waals surface area contributed by atoms with Crippen LogP contribution in [0.5, 0.6) is 0 Å². The molecule has 2 nitrogen and oxygen atoms in total. The van der Waals surface area contributed by atoms with Crippen LogP contribution in [0.3, 0.4) is 0 Å². The van der Waals surface area contributed by atoms with Crippen LogP contribution in [0.4, 0.5) is 0 Å². The highest BCUT2D eigenvalue weighted by molar-refractivity contribution is 5.14. The van der Waals surface area contributed by atoms with Crippen molar-refractivity contribution in [1.82, 2.24) is 0 Å². The zero-order valence-corrected chi connectivity index (χ0v) is 8.25. The maximum atomic E-state index is 9.62. The molecule has 0 aromatic heterocycles. The van der Waals surface area contributed by atoms with Crippen molar-refractivity contribution < 1.29 is 9.84 Å². The van der Waals surface area contributed by atoms with Gasteiger partial charge < -0.3 is 9.84 Å². The Balaban J connectivity index is 2.09. The quantitative estimate of drug-likeness (QED) is 0.583. The molecule has 0 amide bonds. The summed E-state index contributed by atoms with van der Waals surface area (Å²) in [7, 11) is 0. The number of ether oxygens (including phenoxy) is 1. The van der Waals surface area contributed by atoms with E-state index in [-0.39, 0.29) is 5.60 Å². The first kappa shape index (κ1) is 9.22. The average molecular weight is 182 g/mol. The van der Waals surface area contributed by atoms with Crippen molar-refractivity contribution >= 4 is 0 Å². The minimum absolute atomic E-state index is 0.000486. The van der Waals surface area contributed by atoms with Gasteiger partial charge in [0.2, 0.25) is 0 Å². The van der Waals surface area contributed by atoms with E-state index in [0.717, 1.165) is 24.8 Å². The van der Waals surface area contributed by atoms with Crippen LogP contribution >= 0.6 is 0 Å². The van der Waals surface area contributed by atoms with Gasteiger partial charge in [-0.05, 0) is 25.3 Å². The number of rotatable bonds is 0. The molecule has 0 radical (unpaired) electrons. The van der Waals surface area contributed by atoms with Gasteiger partial charge in [0, 0.05) is 6.42 Å². The molecule has 1 unspecified atom stereocenters. The van der Waals surface area contributed by atoms with Gasteiger partial charge in [-0.15, -0.1) is 0 Å². The molecule has 2 aliphatic rings. The first-order chi connectivity index (χ1) is 6.26. The van der Waals surface area contributed by atoms with Gasteiger partial charge in [0.15, 0.2) is 6.29 Å². The zero-order valence-electron chi connectivity index (χ0n) is 8.25. The SMILES string of the molecule is C/C=C1\CC2(CCCCC2)OC1O. The predicted octanol–water partition coefficient (Wildman–Crippen LogP) is 2.37. The second kappa shape index (κ2) is 3.43. The standard InChI is InChI=1S/C11H18O2/c1-2-9-8-11(13-10(9)12)6-4-3-5-7-11/h2,10,12H,3-8H2,1H3/b9-2+. The summed E-state index contributed by atoms with van der Waals surface area (Å²) in [6, 6.07) is 0. The van der Waals surface area contributed by atoms with E-state index in [4.69, 9.17) is 4.74 Å². The fourth-order valence-corrected chi connectivity index (χ4v) is 2.55. The number of hydrogen-bond acceptors (Lipinski definition) is 2. The lowest BCUT2D eigenvalue weighted by Crippen LogP contribution is -2.31. The van der Waals surface area contributed by atoms with E-state index < -0.39 is 6.29 Å². The summed E-state index contributed by atoms with van der Waals surface area (Å²) in [5, 5.41) is 9.62. The molecule has 2 rings (SSSR count). The van der Waals surface area contributed by atoms with E-state index in [1.165, 1.54) is 19.3 Å². The molecule has 1 heterocycles. The molecule has 0 aromatic rings. The van der Waals surface area contributed by atoms with Crippen LogP contribution in [0.15, 0.2) is 11.6 Å². The van der Waals surface area contributed by atoms with E-state index in [1.54, 1.807) is 0 Å². The van der Waals surface area contributed by atoms with Crippen molar-refractivity contribution in [2.45, 2.75) is 57.3 Å². The summed E-state index contributed by atoms with van der Waals surface area (Å²) in [5.41, 5.74) is 1.07. The van der Waals surface area contributed by atoms with Gasteiger partial charge in [-0.3, -0.25) is 0 Å². The Kier molecular flexibility index (Phi) is 2.43. The molecular weight excluding hydrogens is 164 g/mol. The van der Waals surface area contributed by atoms with Crippen LogP contribution in [0.1, 0.15) is 45.4 Å². The van der Waals surface area contributed by atoms with Crippen LogP contribution in [0.25, 0.3) is 0 Å². The second-order valence-electron chi connectivity index (χ2n) is 4.25. The minimum atomic E-state index is -0.622. The summed E-state index contributed by atoms with van der Waals surface area (Å²) in [4.78, 5) is 0. The number of hydrogen-bond donors (Lipinski definition) is 1. The molecule has 0 bridgehead atoms. The third-order valence-electron chi connectivity index (χ3n) is 3.34. The molecule has 1 saturated carbocycles. The molecule has 0 aromatic carbocycles. The molecule has 1 atom stereocenters. The topological polar surface area (TPSA) is 29.5 Å². The van der Waals surface area contributed by atoms with Gasteiger partial charge in [-0.1, -0.05) is 25.3 Å². The minimum Gasteiger partial charge on any atom is -0.364 e. The maximum absolute atomic E-state index is 9.62. The first-order valence-corrected chi connectivity index (χ1v) is 5.27. The van der Waals surface area contributed by atoms with Gasteiger partial charge in [0.25, 0.3) is 0 Å². The Morgan fingerprint density at radius 3 is 2.62 bits per heavy atom. The molecule has 2 heteroatoms. The van der Waals surface area contributed by atoms with E-state index in [2.05, 4.69) is 0 Å². The largest absolute Gasteiger partial charge is 0.364 e. The summed E-state index contributed by atoms with van der Waals surface area (Å²) in [6.07, 6.45) is 8.41. The Bertz CT molecular complexity index is 214. The summed E-state index contributed by atoms with van der Waals surface area (Å²) in [5.74, 6) is 0. The Labute approximate surface area is 79.6 Å². The van der Waals surface area contributed by atoms with Crippen molar-refractivity contribution in [3.63, 3.8) is 0 Å². The van der Waals surface area contributed by atoms with Gasteiger partial charge in [0.1, 0.15) is 0 Å². The van der Waals surface area contributed by atoms with Gasteiger partial charge in [0.05, 0.1) is 5.60 Å². The second-order valence-corrected chi connectivity index (χ2v) is 4.25. The van der Waals surface area contributed by atoms with Gasteiger partial charge in [-0.2, -0.15) is 0 Å². The molecule has 1 saturated heterocycles. The lowest BCUT2D eigenvalue weighted by Gasteiger charge is -2.32. The third kappa shape index (κ3) is 1.65. The molecule has 2 fully saturated rings. The van der Waals surface area contributed by atoms with Crippen molar-refractivity contribution in [2.75, 3.05) is 0 Å². The fourth-order valence-electron chi connectivity index (χ4n) is 2.55. The number of aliphatic hydroxyl groups is 1. The van der Waals surface area contributed by atoms with Gasteiger partial charge >= 0.3 is 0 Å². The van der Waals surface area contributed by atoms with Crippen molar-refractivity contribution in [3.8, 4) is 0 Å². The molecular formula is C11H18O2. The van der Waals surface area contributed by atoms with Crippen LogP contribution in [0, 0.1) is 0 Å². The average Bonchev–Trinajstić information content (AvgIpc) is 2.44. The Morgan fingerprint density at radius 1 is 1.38 bits per heavy atom. The smallest absolute Gasteiger partial charge is 0.177 e. The third-order valence-corrected chi connectivity index (χ3v) is 3.34. The zero-order chi connectivity index (χ0) is 9.31. The Hall–Kier alpha value is -0.340. The Morgan fingerprint density at radius 2 is 2.08 bits per heavy atom. The van der Waals surface area contributed by atoms with Crippen molar-refractivity contribution in [3.05, 3.63) is 11.6 Å². The van der Waals surface area contributed by atoms with E-state index >= 15 is 0 Å². The lowest BCUT2D eigenvalue weighted by molar-refractivity contribution is -0.140. The number of aliphatic hydroxyl groups excluding tert-OH is 1. The van der Waals surface area contributed by atoms with Crippen LogP contribution in [-0.4, -0.2) is 17.0 Å². The highest BCUT2D eigenvalue weighted by Gasteiger charge is 2.42. The normalized spacial score (nSPS) is 35.8. The van der Waals surface area contributed by atoms with E-state index in [9.17, 15) is 5.11 Å². The fraction of sp³-hybridized carbons (Fsp3) is 0.818. The van der Waals surface area contributed by atoms with Crippen LogP contribution in [-0.2, 0) is 4.74 Å². The van der Waals surface area contributed by atoms with Gasteiger partial charge in [-0.25, -0.2) is 0 Å². The summed E-state index contributed by atoms with van der Waals surface area (Å²) < 4.78 is 5.68. The first-order valence-electron chi connectivity index (χ1n) is 5.27. The molecule has 74 valence electrons. The van der Waals surface area contributed by atoms with E-state index in [1.807, 2.05) is 13.0 Å². The summed E-state index contributed by atoms with van der Waals surface area (Å²) >= 11 is 0. The highest BCUT2D eigenvalue weighted by Crippen LogP contribution is 2.43. The summed E-state index contributed by atoms with van der Waals surface area (Å²) in [6.45, 7) is 1.98. The highest BCUT2D eigenvalue weighted by atomic mass is 16.6.